The number of hydrogen-bond acceptors (Lipinski definition) is 5. The Kier molecular flexibility index (Phi) is 6.74. The van der Waals surface area contributed by atoms with E-state index in [9.17, 15) is 4.79 Å². The van der Waals surface area contributed by atoms with Crippen LogP contribution in [0.15, 0.2) is 48.5 Å². The molecule has 6 heteroatoms. The molecule has 1 N–H and O–H groups in total. The molecule has 0 aliphatic carbocycles. The monoisotopic (exact) mass is 355 g/mol. The van der Waals surface area contributed by atoms with E-state index in [1.807, 2.05) is 50.5 Å². The second-order valence-corrected chi connectivity index (χ2v) is 6.16. The number of nitrogens with zero attached hydrogens (tertiary/aromatic N) is 3. The van der Waals surface area contributed by atoms with Crippen LogP contribution in [0.25, 0.3) is 6.08 Å². The first-order chi connectivity index (χ1) is 12.4. The number of carboxylic acid groups (broad SMARTS) is 1. The molecule has 0 aliphatic rings. The van der Waals surface area contributed by atoms with E-state index in [1.54, 1.807) is 13.2 Å². The number of pyridine rings is 1. The summed E-state index contributed by atoms with van der Waals surface area (Å²) in [5.41, 5.74) is 1.74. The standard InChI is InChI=1S/C20H25N3O3/c1-15(22(2)3)23(14-16-8-11-18(26-4)12-9-16)19-7-5-6-17(21-19)10-13-20(24)25/h5-13,15H,14H2,1-4H3,(H,24,25)/b13-10+. The van der Waals surface area contributed by atoms with Crippen LogP contribution >= 0.6 is 0 Å². The number of hydrogen-bond donors (Lipinski definition) is 1. The minimum absolute atomic E-state index is 0.100. The SMILES string of the molecule is COc1ccc(CN(c2cccc(/C=C/C(=O)O)n2)C(C)N(C)C)cc1. The molecule has 0 bridgehead atoms. The Morgan fingerprint density at radius 2 is 1.92 bits per heavy atom. The Labute approximate surface area is 154 Å². The van der Waals surface area contributed by atoms with Crippen LogP contribution in [0, 0.1) is 0 Å². The molecule has 138 valence electrons. The van der Waals surface area contributed by atoms with Crippen LogP contribution in [0.4, 0.5) is 5.82 Å². The third-order valence-corrected chi connectivity index (χ3v) is 4.16. The Hall–Kier alpha value is -2.86. The predicted molar refractivity (Wildman–Crippen MR) is 103 cm³/mol. The minimum atomic E-state index is -0.992. The summed E-state index contributed by atoms with van der Waals surface area (Å²) in [7, 11) is 5.68. The van der Waals surface area contributed by atoms with Gasteiger partial charge in [0.1, 0.15) is 11.6 Å². The van der Waals surface area contributed by atoms with Gasteiger partial charge in [-0.05, 0) is 56.9 Å². The maximum atomic E-state index is 10.7. The van der Waals surface area contributed by atoms with E-state index in [0.29, 0.717) is 12.2 Å². The highest BCUT2D eigenvalue weighted by Gasteiger charge is 2.18. The second kappa shape index (κ2) is 9.01. The lowest BCUT2D eigenvalue weighted by molar-refractivity contribution is -0.131. The van der Waals surface area contributed by atoms with Crippen molar-refractivity contribution in [3.63, 3.8) is 0 Å². The summed E-state index contributed by atoms with van der Waals surface area (Å²) in [5.74, 6) is 0.614. The van der Waals surface area contributed by atoms with Crippen molar-refractivity contribution >= 4 is 17.9 Å². The molecule has 26 heavy (non-hydrogen) atoms. The number of anilines is 1. The molecule has 0 spiro atoms. The number of methoxy groups -OCH3 is 1. The zero-order valence-corrected chi connectivity index (χ0v) is 15.6. The molecule has 0 aliphatic heterocycles. The first-order valence-corrected chi connectivity index (χ1v) is 8.34. The molecule has 2 aromatic rings. The zero-order valence-electron chi connectivity index (χ0n) is 15.6. The zero-order chi connectivity index (χ0) is 19.1. The van der Waals surface area contributed by atoms with Crippen molar-refractivity contribution in [1.29, 1.82) is 0 Å². The highest BCUT2D eigenvalue weighted by atomic mass is 16.5. The molecule has 1 atom stereocenters. The van der Waals surface area contributed by atoms with Gasteiger partial charge in [0.15, 0.2) is 0 Å². The third-order valence-electron chi connectivity index (χ3n) is 4.16. The van der Waals surface area contributed by atoms with Crippen molar-refractivity contribution in [2.45, 2.75) is 19.6 Å². The predicted octanol–water partition coefficient (Wildman–Crippen LogP) is 3.10. The lowest BCUT2D eigenvalue weighted by atomic mass is 10.2. The minimum Gasteiger partial charge on any atom is -0.497 e. The van der Waals surface area contributed by atoms with E-state index >= 15 is 0 Å². The average molecular weight is 355 g/mol. The van der Waals surface area contributed by atoms with Crippen LogP contribution in [0.1, 0.15) is 18.2 Å². The quantitative estimate of drug-likeness (QED) is 0.580. The molecule has 2 rings (SSSR count). The van der Waals surface area contributed by atoms with Crippen molar-refractivity contribution in [3.8, 4) is 5.75 Å². The van der Waals surface area contributed by atoms with Gasteiger partial charge in [-0.1, -0.05) is 18.2 Å². The Morgan fingerprint density at radius 1 is 1.23 bits per heavy atom. The topological polar surface area (TPSA) is 65.9 Å². The number of rotatable bonds is 8. The fourth-order valence-electron chi connectivity index (χ4n) is 2.46. The number of carbonyl (C=O) groups is 1. The van der Waals surface area contributed by atoms with Crippen molar-refractivity contribution in [2.75, 3.05) is 26.1 Å². The lowest BCUT2D eigenvalue weighted by Gasteiger charge is -2.34. The molecular weight excluding hydrogens is 330 g/mol. The van der Waals surface area contributed by atoms with E-state index < -0.39 is 5.97 Å². The van der Waals surface area contributed by atoms with Gasteiger partial charge in [0.25, 0.3) is 0 Å². The molecule has 1 aromatic carbocycles. The summed E-state index contributed by atoms with van der Waals surface area (Å²) in [6.45, 7) is 2.77. The largest absolute Gasteiger partial charge is 0.497 e. The fraction of sp³-hybridized carbons (Fsp3) is 0.300. The number of aliphatic carboxylic acids is 1. The van der Waals surface area contributed by atoms with Crippen molar-refractivity contribution in [2.24, 2.45) is 0 Å². The van der Waals surface area contributed by atoms with E-state index in [0.717, 1.165) is 23.2 Å². The van der Waals surface area contributed by atoms with Crippen LogP contribution in [0.2, 0.25) is 0 Å². The van der Waals surface area contributed by atoms with Crippen LogP contribution in [0.3, 0.4) is 0 Å². The van der Waals surface area contributed by atoms with Gasteiger partial charge in [-0.3, -0.25) is 4.90 Å². The van der Waals surface area contributed by atoms with Crippen molar-refractivity contribution in [1.82, 2.24) is 9.88 Å². The van der Waals surface area contributed by atoms with Gasteiger partial charge < -0.3 is 14.7 Å². The van der Waals surface area contributed by atoms with E-state index in [-0.39, 0.29) is 6.17 Å². The molecule has 1 heterocycles. The van der Waals surface area contributed by atoms with Crippen LogP contribution in [0.5, 0.6) is 5.75 Å². The summed E-state index contributed by atoms with van der Waals surface area (Å²) < 4.78 is 5.22. The highest BCUT2D eigenvalue weighted by molar-refractivity contribution is 5.84. The van der Waals surface area contributed by atoms with Gasteiger partial charge in [0, 0.05) is 12.6 Å². The highest BCUT2D eigenvalue weighted by Crippen LogP contribution is 2.21. The molecular formula is C20H25N3O3. The molecule has 0 fully saturated rings. The van der Waals surface area contributed by atoms with E-state index in [4.69, 9.17) is 9.84 Å². The number of benzene rings is 1. The van der Waals surface area contributed by atoms with Crippen molar-refractivity contribution in [3.05, 3.63) is 59.8 Å². The maximum Gasteiger partial charge on any atom is 0.328 e. The second-order valence-electron chi connectivity index (χ2n) is 6.16. The summed E-state index contributed by atoms with van der Waals surface area (Å²) >= 11 is 0. The summed E-state index contributed by atoms with van der Waals surface area (Å²) in [6.07, 6.45) is 2.69. The van der Waals surface area contributed by atoms with Gasteiger partial charge in [-0.15, -0.1) is 0 Å². The van der Waals surface area contributed by atoms with Crippen LogP contribution in [-0.2, 0) is 11.3 Å². The Balaban J connectivity index is 2.32. The van der Waals surface area contributed by atoms with E-state index in [2.05, 4.69) is 21.7 Å². The van der Waals surface area contributed by atoms with Crippen LogP contribution in [-0.4, -0.2) is 48.3 Å². The Morgan fingerprint density at radius 3 is 2.50 bits per heavy atom. The molecule has 1 aromatic heterocycles. The molecule has 1 unspecified atom stereocenters. The summed E-state index contributed by atoms with van der Waals surface area (Å²) in [6, 6.07) is 13.5. The molecule has 0 saturated heterocycles. The lowest BCUT2D eigenvalue weighted by Crippen LogP contribution is -2.43. The number of aromatic nitrogens is 1. The number of ether oxygens (including phenoxy) is 1. The average Bonchev–Trinajstić information content (AvgIpc) is 2.64. The van der Waals surface area contributed by atoms with Gasteiger partial charge in [-0.25, -0.2) is 9.78 Å². The van der Waals surface area contributed by atoms with Gasteiger partial charge in [0.2, 0.25) is 0 Å². The van der Waals surface area contributed by atoms with Crippen LogP contribution < -0.4 is 9.64 Å². The third kappa shape index (κ3) is 5.32. The van der Waals surface area contributed by atoms with E-state index in [1.165, 1.54) is 6.08 Å². The molecule has 0 amide bonds. The van der Waals surface area contributed by atoms with Gasteiger partial charge in [0.05, 0.1) is 19.0 Å². The molecule has 0 radical (unpaired) electrons. The van der Waals surface area contributed by atoms with Gasteiger partial charge >= 0.3 is 5.97 Å². The fourth-order valence-corrected chi connectivity index (χ4v) is 2.46. The number of carboxylic acids is 1. The summed E-state index contributed by atoms with van der Waals surface area (Å²) in [4.78, 5) is 19.6. The van der Waals surface area contributed by atoms with Crippen molar-refractivity contribution < 1.29 is 14.6 Å². The first kappa shape index (κ1) is 19.5. The first-order valence-electron chi connectivity index (χ1n) is 8.34. The maximum absolute atomic E-state index is 10.7. The smallest absolute Gasteiger partial charge is 0.328 e. The Bertz CT molecular complexity index is 757. The molecule has 0 saturated carbocycles. The summed E-state index contributed by atoms with van der Waals surface area (Å²) in [5, 5.41) is 8.81. The normalized spacial score (nSPS) is 12.3. The molecule has 6 nitrogen and oxygen atoms in total. The van der Waals surface area contributed by atoms with Gasteiger partial charge in [-0.2, -0.15) is 0 Å².